The highest BCUT2D eigenvalue weighted by Crippen LogP contribution is 2.36. The zero-order valence-electron chi connectivity index (χ0n) is 43.2. The van der Waals surface area contributed by atoms with Gasteiger partial charge in [0.05, 0.1) is 59.4 Å². The second-order valence-corrected chi connectivity index (χ2v) is 21.2. The molecule has 0 spiro atoms. The number of benzene rings is 2. The van der Waals surface area contributed by atoms with Crippen LogP contribution in [0.15, 0.2) is 36.4 Å². The molecule has 0 unspecified atom stereocenters. The number of rotatable bonds is 38. The van der Waals surface area contributed by atoms with Crippen LogP contribution in [0.25, 0.3) is 0 Å². The van der Waals surface area contributed by atoms with E-state index in [1.54, 1.807) is 30.3 Å². The largest absolute Gasteiger partial charge is 0.504 e. The van der Waals surface area contributed by atoms with Crippen molar-refractivity contribution in [1.82, 2.24) is 0 Å². The van der Waals surface area contributed by atoms with Crippen LogP contribution in [0.1, 0.15) is 233 Å². The van der Waals surface area contributed by atoms with Crippen molar-refractivity contribution in [3.05, 3.63) is 51.5 Å². The highest BCUT2D eigenvalue weighted by Gasteiger charge is 2.15. The average Bonchev–Trinajstić information content (AvgIpc) is 3.24. The van der Waals surface area contributed by atoms with Gasteiger partial charge < -0.3 is 18.8 Å². The lowest BCUT2D eigenvalue weighted by molar-refractivity contribution is -0.890. The fourth-order valence-corrected chi connectivity index (χ4v) is 8.79. The molecule has 4 nitrogen and oxygen atoms in total. The van der Waals surface area contributed by atoms with Crippen LogP contribution in [0.4, 0.5) is 0 Å². The summed E-state index contributed by atoms with van der Waals surface area (Å²) in [6.07, 6.45) is 46.1. The van der Waals surface area contributed by atoms with Crippen LogP contribution in [0.3, 0.4) is 0 Å². The summed E-state index contributed by atoms with van der Waals surface area (Å²) in [5, 5.41) is 10.9. The highest BCUT2D eigenvalue weighted by molar-refractivity contribution is 6.35. The minimum absolute atomic E-state index is 0. The van der Waals surface area contributed by atoms with E-state index < -0.39 is 0 Å². The Morgan fingerprint density at radius 3 is 0.891 bits per heavy atom. The third-order valence-electron chi connectivity index (χ3n) is 12.5. The van der Waals surface area contributed by atoms with Crippen LogP contribution in [0.5, 0.6) is 17.2 Å². The van der Waals surface area contributed by atoms with Gasteiger partial charge in [0.25, 0.3) is 0 Å². The Hall–Kier alpha value is -0.880. The normalized spacial score (nSPS) is 11.4. The molecule has 0 fully saturated rings. The molecule has 0 atom stereocenters. The predicted octanol–water partition coefficient (Wildman–Crippen LogP) is 20.3. The molecular formula is C56H104Cl4N2O2+2. The number of hydrogen-bond acceptors (Lipinski definition) is 2. The standard InChI is InChI=1S/2C22H48N.C12H7Cl3O2.ClH/c2*1-5-7-9-11-13-15-17-19-21-23(3,4)22-20-18-16-14-12-10-8-6-2;13-7-1-3-11(9(15)5-7)17-12-4-2-8(14)6-10(12)16;/h2*5-22H2,1-4H3;1-6,16H;1H/q2*+1;;. The number of quaternary nitrogens is 2. The molecule has 376 valence electrons. The van der Waals surface area contributed by atoms with E-state index in [1.165, 1.54) is 247 Å². The second-order valence-electron chi connectivity index (χ2n) is 20.0. The summed E-state index contributed by atoms with van der Waals surface area (Å²) in [5.41, 5.74) is 0. The van der Waals surface area contributed by atoms with E-state index in [4.69, 9.17) is 39.5 Å². The fraction of sp³-hybridized carbons (Fsp3) is 0.786. The second kappa shape index (κ2) is 44.6. The van der Waals surface area contributed by atoms with Crippen LogP contribution < -0.4 is 4.74 Å². The summed E-state index contributed by atoms with van der Waals surface area (Å²) < 4.78 is 7.93. The smallest absolute Gasteiger partial charge is 0.169 e. The minimum Gasteiger partial charge on any atom is -0.504 e. The van der Waals surface area contributed by atoms with Gasteiger partial charge in [0, 0.05) is 16.1 Å². The SMILES string of the molecule is CCCCCCCCCC[N+](C)(C)CCCCCCCCCC.CCCCCCCCCC[N+](C)(C)CCCCCCCCCC.Cl.Oc1cc(Cl)ccc1Oc1ccc(Cl)cc1Cl. The van der Waals surface area contributed by atoms with Crippen LogP contribution in [-0.2, 0) is 0 Å². The first-order chi connectivity index (χ1) is 30.3. The molecular weight excluding hydrogens is 874 g/mol. The van der Waals surface area contributed by atoms with E-state index in [2.05, 4.69) is 55.9 Å². The number of phenols is 1. The first-order valence-electron chi connectivity index (χ1n) is 26.6. The van der Waals surface area contributed by atoms with Crippen LogP contribution in [-0.4, -0.2) is 68.4 Å². The maximum Gasteiger partial charge on any atom is 0.169 e. The Labute approximate surface area is 419 Å². The summed E-state index contributed by atoms with van der Waals surface area (Å²) in [6.45, 7) is 14.7. The van der Waals surface area contributed by atoms with Gasteiger partial charge in [0.2, 0.25) is 0 Å². The molecule has 8 heteroatoms. The number of ether oxygens (including phenoxy) is 1. The van der Waals surface area contributed by atoms with E-state index in [0.717, 1.165) is 0 Å². The molecule has 0 amide bonds. The van der Waals surface area contributed by atoms with E-state index in [-0.39, 0.29) is 23.9 Å². The van der Waals surface area contributed by atoms with Crippen molar-refractivity contribution in [1.29, 1.82) is 0 Å². The lowest BCUT2D eigenvalue weighted by Gasteiger charge is -2.30. The summed E-state index contributed by atoms with van der Waals surface area (Å²) >= 11 is 17.4. The Morgan fingerprint density at radius 2 is 0.625 bits per heavy atom. The molecule has 0 heterocycles. The Kier molecular flexibility index (Phi) is 45.5. The van der Waals surface area contributed by atoms with Crippen LogP contribution >= 0.6 is 47.2 Å². The Morgan fingerprint density at radius 1 is 0.375 bits per heavy atom. The van der Waals surface area contributed by atoms with Gasteiger partial charge in [0.15, 0.2) is 11.5 Å². The molecule has 0 saturated heterocycles. The summed E-state index contributed by atoms with van der Waals surface area (Å²) in [6, 6.07) is 9.39. The predicted molar refractivity (Wildman–Crippen MR) is 291 cm³/mol. The zero-order valence-corrected chi connectivity index (χ0v) is 46.3. The Bertz CT molecular complexity index is 1170. The summed E-state index contributed by atoms with van der Waals surface area (Å²) in [5.74, 6) is 0.635. The van der Waals surface area contributed by atoms with E-state index in [9.17, 15) is 5.11 Å². The molecule has 2 rings (SSSR count). The lowest BCUT2D eigenvalue weighted by atomic mass is 10.1. The molecule has 2 aromatic rings. The number of unbranched alkanes of at least 4 members (excludes halogenated alkanes) is 28. The first kappa shape index (κ1) is 65.2. The van der Waals surface area contributed by atoms with E-state index in [0.29, 0.717) is 20.8 Å². The lowest BCUT2D eigenvalue weighted by Crippen LogP contribution is -2.41. The summed E-state index contributed by atoms with van der Waals surface area (Å²) in [4.78, 5) is 0. The third-order valence-corrected chi connectivity index (χ3v) is 13.3. The summed E-state index contributed by atoms with van der Waals surface area (Å²) in [7, 11) is 9.73. The topological polar surface area (TPSA) is 29.5 Å². The number of hydrogen-bond donors (Lipinski definition) is 1. The quantitative estimate of drug-likeness (QED) is 0.0537. The fourth-order valence-electron chi connectivity index (χ4n) is 8.17. The van der Waals surface area contributed by atoms with Crippen molar-refractivity contribution in [3.63, 3.8) is 0 Å². The van der Waals surface area contributed by atoms with Gasteiger partial charge in [-0.3, -0.25) is 0 Å². The maximum atomic E-state index is 9.62. The number of halogens is 4. The van der Waals surface area contributed by atoms with Gasteiger partial charge in [-0.25, -0.2) is 0 Å². The first-order valence-corrected chi connectivity index (χ1v) is 27.7. The van der Waals surface area contributed by atoms with E-state index in [1.807, 2.05) is 0 Å². The molecule has 0 aliphatic carbocycles. The van der Waals surface area contributed by atoms with Crippen molar-refractivity contribution in [2.24, 2.45) is 0 Å². The molecule has 0 saturated carbocycles. The molecule has 64 heavy (non-hydrogen) atoms. The molecule has 0 aliphatic rings. The molecule has 0 bridgehead atoms. The van der Waals surface area contributed by atoms with Gasteiger partial charge in [-0.2, -0.15) is 0 Å². The monoisotopic (exact) mass is 977 g/mol. The van der Waals surface area contributed by atoms with Crippen molar-refractivity contribution in [2.45, 2.75) is 233 Å². The Balaban J connectivity index is 0. The average molecular weight is 979 g/mol. The van der Waals surface area contributed by atoms with Gasteiger partial charge in [-0.1, -0.05) is 217 Å². The zero-order chi connectivity index (χ0) is 46.9. The number of aromatic hydroxyl groups is 1. The number of nitrogens with zero attached hydrogens (tertiary/aromatic N) is 2. The van der Waals surface area contributed by atoms with Crippen molar-refractivity contribution in [2.75, 3.05) is 54.4 Å². The number of phenolic OH excluding ortho intramolecular Hbond substituents is 1. The molecule has 0 radical (unpaired) electrons. The van der Waals surface area contributed by atoms with Crippen molar-refractivity contribution < 1.29 is 18.8 Å². The van der Waals surface area contributed by atoms with Gasteiger partial charge in [-0.05, 0) is 81.7 Å². The minimum atomic E-state index is -0.0523. The van der Waals surface area contributed by atoms with Gasteiger partial charge in [0.1, 0.15) is 5.75 Å². The maximum absolute atomic E-state index is 9.62. The van der Waals surface area contributed by atoms with Crippen molar-refractivity contribution >= 4 is 47.2 Å². The van der Waals surface area contributed by atoms with Crippen LogP contribution in [0, 0.1) is 0 Å². The van der Waals surface area contributed by atoms with Gasteiger partial charge in [-0.15, -0.1) is 12.4 Å². The van der Waals surface area contributed by atoms with E-state index >= 15 is 0 Å². The molecule has 1 N–H and O–H groups in total. The van der Waals surface area contributed by atoms with Gasteiger partial charge >= 0.3 is 0 Å². The van der Waals surface area contributed by atoms with Crippen LogP contribution in [0.2, 0.25) is 15.1 Å². The third kappa shape index (κ3) is 41.3. The molecule has 2 aromatic carbocycles. The van der Waals surface area contributed by atoms with Crippen molar-refractivity contribution in [3.8, 4) is 17.2 Å². The highest BCUT2D eigenvalue weighted by atomic mass is 35.5. The molecule has 0 aliphatic heterocycles. The molecule has 0 aromatic heterocycles.